The summed E-state index contributed by atoms with van der Waals surface area (Å²) in [5.41, 5.74) is 0.591. The number of benzene rings is 1. The van der Waals surface area contributed by atoms with Crippen molar-refractivity contribution in [3.05, 3.63) is 29.8 Å². The average Bonchev–Trinajstić information content (AvgIpc) is 2.48. The number of hydrogen-bond donors (Lipinski definition) is 0. The van der Waals surface area contributed by atoms with E-state index >= 15 is 0 Å². The fourth-order valence-electron chi connectivity index (χ4n) is 2.24. The van der Waals surface area contributed by atoms with Crippen LogP contribution in [0.4, 0.5) is 8.78 Å². The lowest BCUT2D eigenvalue weighted by Gasteiger charge is -2.33. The molecule has 1 aromatic carbocycles. The fraction of sp³-hybridized carbons (Fsp3) is 0.500. The molecule has 2 rings (SSSR count). The first kappa shape index (κ1) is 15.7. The van der Waals surface area contributed by atoms with Crippen LogP contribution in [0.5, 0.6) is 5.75 Å². The molecule has 1 saturated heterocycles. The molecule has 1 aromatic rings. The molecule has 0 aromatic heterocycles. The minimum atomic E-state index is -2.88. The largest absolute Gasteiger partial charge is 0.468 e. The Labute approximate surface area is 121 Å². The molecular weight excluding hydrogens is 284 g/mol. The van der Waals surface area contributed by atoms with Crippen molar-refractivity contribution in [3.8, 4) is 5.75 Å². The summed E-state index contributed by atoms with van der Waals surface area (Å²) >= 11 is 0. The Kier molecular flexibility index (Phi) is 5.46. The van der Waals surface area contributed by atoms with Crippen molar-refractivity contribution in [1.82, 2.24) is 4.90 Å². The Hall–Kier alpha value is -1.73. The minimum absolute atomic E-state index is 0.114. The molecule has 116 valence electrons. The fourth-order valence-corrected chi connectivity index (χ4v) is 2.24. The number of rotatable bonds is 5. The molecule has 1 fully saturated rings. The first-order valence-electron chi connectivity index (χ1n) is 6.54. The predicted molar refractivity (Wildman–Crippen MR) is 70.1 cm³/mol. The van der Waals surface area contributed by atoms with Gasteiger partial charge in [0.1, 0.15) is 11.8 Å². The van der Waals surface area contributed by atoms with Crippen molar-refractivity contribution in [2.45, 2.75) is 19.2 Å². The molecule has 0 amide bonds. The van der Waals surface area contributed by atoms with Crippen LogP contribution in [0.3, 0.4) is 0 Å². The summed E-state index contributed by atoms with van der Waals surface area (Å²) in [4.78, 5) is 13.6. The third kappa shape index (κ3) is 4.12. The molecule has 0 aliphatic carbocycles. The lowest BCUT2D eigenvalue weighted by Crippen LogP contribution is -2.49. The molecule has 0 N–H and O–H groups in total. The van der Waals surface area contributed by atoms with Gasteiger partial charge >= 0.3 is 12.6 Å². The van der Waals surface area contributed by atoms with E-state index < -0.39 is 18.6 Å². The first-order valence-corrected chi connectivity index (χ1v) is 6.54. The van der Waals surface area contributed by atoms with E-state index in [4.69, 9.17) is 9.47 Å². The molecule has 0 bridgehead atoms. The van der Waals surface area contributed by atoms with E-state index in [1.165, 1.54) is 13.2 Å². The minimum Gasteiger partial charge on any atom is -0.468 e. The second-order valence-electron chi connectivity index (χ2n) is 4.57. The first-order chi connectivity index (χ1) is 10.1. The number of hydrogen-bond acceptors (Lipinski definition) is 5. The van der Waals surface area contributed by atoms with E-state index in [0.29, 0.717) is 25.3 Å². The molecule has 0 saturated carbocycles. The van der Waals surface area contributed by atoms with Crippen LogP contribution in [0.1, 0.15) is 5.56 Å². The zero-order valence-corrected chi connectivity index (χ0v) is 11.6. The third-order valence-electron chi connectivity index (χ3n) is 3.27. The van der Waals surface area contributed by atoms with E-state index in [2.05, 4.69) is 4.74 Å². The number of esters is 1. The molecule has 1 aliphatic heterocycles. The van der Waals surface area contributed by atoms with Crippen molar-refractivity contribution in [1.29, 1.82) is 0 Å². The van der Waals surface area contributed by atoms with Gasteiger partial charge in [-0.25, -0.2) is 0 Å². The van der Waals surface area contributed by atoms with E-state index in [0.717, 1.165) is 0 Å². The summed E-state index contributed by atoms with van der Waals surface area (Å²) in [7, 11) is 1.31. The second-order valence-corrected chi connectivity index (χ2v) is 4.57. The van der Waals surface area contributed by atoms with Crippen molar-refractivity contribution >= 4 is 5.97 Å². The van der Waals surface area contributed by atoms with Crippen LogP contribution in [0.25, 0.3) is 0 Å². The molecule has 0 spiro atoms. The quantitative estimate of drug-likeness (QED) is 0.774. The van der Waals surface area contributed by atoms with Gasteiger partial charge in [0.2, 0.25) is 0 Å². The predicted octanol–water partition coefficient (Wildman–Crippen LogP) is 1.66. The van der Waals surface area contributed by atoms with Gasteiger partial charge in [0.15, 0.2) is 0 Å². The topological polar surface area (TPSA) is 48.0 Å². The molecule has 21 heavy (non-hydrogen) atoms. The second kappa shape index (κ2) is 7.33. The Morgan fingerprint density at radius 1 is 1.48 bits per heavy atom. The highest BCUT2D eigenvalue weighted by molar-refractivity contribution is 5.75. The summed E-state index contributed by atoms with van der Waals surface area (Å²) in [6.45, 7) is -1.35. The molecule has 1 aliphatic rings. The summed E-state index contributed by atoms with van der Waals surface area (Å²) in [6, 6.07) is 6.00. The molecule has 1 unspecified atom stereocenters. The molecular formula is C14H17F2NO4. The van der Waals surface area contributed by atoms with E-state index in [9.17, 15) is 13.6 Å². The highest BCUT2D eigenvalue weighted by atomic mass is 19.3. The van der Waals surface area contributed by atoms with Gasteiger partial charge in [0.05, 0.1) is 20.3 Å². The maximum atomic E-state index is 12.4. The summed E-state index contributed by atoms with van der Waals surface area (Å²) in [5.74, 6) is -0.287. The summed E-state index contributed by atoms with van der Waals surface area (Å²) in [5, 5.41) is 0. The van der Waals surface area contributed by atoms with Gasteiger partial charge < -0.3 is 14.2 Å². The van der Waals surface area contributed by atoms with Gasteiger partial charge in [-0.2, -0.15) is 8.78 Å². The van der Waals surface area contributed by atoms with Gasteiger partial charge in [-0.05, 0) is 6.07 Å². The number of morpholine rings is 1. The van der Waals surface area contributed by atoms with Crippen LogP contribution in [-0.2, 0) is 20.8 Å². The van der Waals surface area contributed by atoms with Crippen LogP contribution in [0.2, 0.25) is 0 Å². The zero-order valence-electron chi connectivity index (χ0n) is 11.6. The van der Waals surface area contributed by atoms with Gasteiger partial charge in [0, 0.05) is 18.7 Å². The number of halogens is 2. The van der Waals surface area contributed by atoms with Gasteiger partial charge in [-0.15, -0.1) is 0 Å². The smallest absolute Gasteiger partial charge is 0.387 e. The van der Waals surface area contributed by atoms with Crippen LogP contribution in [0.15, 0.2) is 24.3 Å². The third-order valence-corrected chi connectivity index (χ3v) is 3.27. The van der Waals surface area contributed by atoms with Gasteiger partial charge in [0.25, 0.3) is 0 Å². The highest BCUT2D eigenvalue weighted by Gasteiger charge is 2.30. The number of carbonyl (C=O) groups is 1. The Balaban J connectivity index is 2.13. The Morgan fingerprint density at radius 3 is 2.95 bits per heavy atom. The molecule has 0 radical (unpaired) electrons. The van der Waals surface area contributed by atoms with E-state index in [1.54, 1.807) is 18.2 Å². The molecule has 7 heteroatoms. The monoisotopic (exact) mass is 301 g/mol. The standard InChI is InChI=1S/C14H17F2NO4/c1-19-13(18)11-9-20-7-6-17(11)8-10-4-2-3-5-12(10)21-14(15)16/h2-5,11,14H,6-9H2,1H3. The number of methoxy groups -OCH3 is 1. The number of carbonyl (C=O) groups excluding carboxylic acids is 1. The zero-order chi connectivity index (χ0) is 15.2. The van der Waals surface area contributed by atoms with Crippen LogP contribution < -0.4 is 4.74 Å². The average molecular weight is 301 g/mol. The van der Waals surface area contributed by atoms with E-state index in [1.807, 2.05) is 4.90 Å². The summed E-state index contributed by atoms with van der Waals surface area (Å²) < 4.78 is 39.3. The molecule has 5 nitrogen and oxygen atoms in total. The Morgan fingerprint density at radius 2 is 2.24 bits per heavy atom. The van der Waals surface area contributed by atoms with Crippen molar-refractivity contribution < 1.29 is 27.8 Å². The molecule has 1 atom stereocenters. The number of para-hydroxylation sites is 1. The SMILES string of the molecule is COC(=O)C1COCCN1Cc1ccccc1OC(F)F. The van der Waals surface area contributed by atoms with Gasteiger partial charge in [-0.3, -0.25) is 9.69 Å². The summed E-state index contributed by atoms with van der Waals surface area (Å²) in [6.07, 6.45) is 0. The lowest BCUT2D eigenvalue weighted by molar-refractivity contribution is -0.153. The van der Waals surface area contributed by atoms with E-state index in [-0.39, 0.29) is 12.4 Å². The number of alkyl halides is 2. The van der Waals surface area contributed by atoms with Crippen molar-refractivity contribution in [3.63, 3.8) is 0 Å². The maximum Gasteiger partial charge on any atom is 0.387 e. The Bertz CT molecular complexity index is 484. The van der Waals surface area contributed by atoms with Crippen LogP contribution in [-0.4, -0.2) is 50.4 Å². The maximum absolute atomic E-state index is 12.4. The van der Waals surface area contributed by atoms with Crippen molar-refractivity contribution in [2.24, 2.45) is 0 Å². The lowest BCUT2D eigenvalue weighted by atomic mass is 10.1. The van der Waals surface area contributed by atoms with Crippen molar-refractivity contribution in [2.75, 3.05) is 26.9 Å². The number of nitrogens with zero attached hydrogens (tertiary/aromatic N) is 1. The van der Waals surface area contributed by atoms with Gasteiger partial charge in [-0.1, -0.05) is 18.2 Å². The van der Waals surface area contributed by atoms with Crippen LogP contribution in [0, 0.1) is 0 Å². The van der Waals surface area contributed by atoms with Crippen LogP contribution >= 0.6 is 0 Å². The number of ether oxygens (including phenoxy) is 3. The molecule has 1 heterocycles. The normalized spacial score (nSPS) is 19.5. The highest BCUT2D eigenvalue weighted by Crippen LogP contribution is 2.23.